The van der Waals surface area contributed by atoms with Crippen LogP contribution in [0.4, 0.5) is 0 Å². The molecule has 1 heterocycles. The number of nitrogens with zero attached hydrogens (tertiary/aromatic N) is 3. The maximum absolute atomic E-state index is 9.28. The third-order valence-electron chi connectivity index (χ3n) is 4.54. The van der Waals surface area contributed by atoms with Crippen LogP contribution in [0.15, 0.2) is 35.7 Å². The highest BCUT2D eigenvalue weighted by Gasteiger charge is 2.46. The average Bonchev–Trinajstić information content (AvgIpc) is 3.11. The highest BCUT2D eigenvalue weighted by atomic mass is 16.4. The first-order valence-corrected chi connectivity index (χ1v) is 6.52. The fraction of sp³-hybridized carbons (Fsp3) is 0.429. The van der Waals surface area contributed by atoms with Crippen molar-refractivity contribution in [3.63, 3.8) is 0 Å². The molecule has 4 heteroatoms. The highest BCUT2D eigenvalue weighted by molar-refractivity contribution is 5.94. The van der Waals surface area contributed by atoms with Gasteiger partial charge in [0.2, 0.25) is 0 Å². The fourth-order valence-electron chi connectivity index (χ4n) is 3.77. The number of imidazole rings is 1. The van der Waals surface area contributed by atoms with E-state index in [0.717, 1.165) is 23.2 Å². The smallest absolute Gasteiger partial charge is 0.0964 e. The van der Waals surface area contributed by atoms with Gasteiger partial charge in [-0.1, -0.05) is 17.3 Å². The van der Waals surface area contributed by atoms with E-state index in [0.29, 0.717) is 11.8 Å². The van der Waals surface area contributed by atoms with E-state index < -0.39 is 0 Å². The van der Waals surface area contributed by atoms with Crippen LogP contribution >= 0.6 is 0 Å². The Bertz CT molecular complexity index is 631. The summed E-state index contributed by atoms with van der Waals surface area (Å²) < 4.78 is 2.19. The fourth-order valence-corrected chi connectivity index (χ4v) is 3.77. The summed E-state index contributed by atoms with van der Waals surface area (Å²) in [7, 11) is 0. The minimum Gasteiger partial charge on any atom is -0.411 e. The molecule has 1 aromatic heterocycles. The molecule has 3 atom stereocenters. The van der Waals surface area contributed by atoms with E-state index in [2.05, 4.69) is 20.8 Å². The molecule has 18 heavy (non-hydrogen) atoms. The number of fused-ring (bicyclic) bond motifs is 3. The molecular formula is C14H15N3O. The Morgan fingerprint density at radius 3 is 3.06 bits per heavy atom. The first kappa shape index (κ1) is 10.1. The monoisotopic (exact) mass is 241 g/mol. The van der Waals surface area contributed by atoms with Crippen LogP contribution in [0.3, 0.4) is 0 Å². The lowest BCUT2D eigenvalue weighted by Crippen LogP contribution is -2.25. The van der Waals surface area contributed by atoms with Crippen molar-refractivity contribution in [1.82, 2.24) is 9.55 Å². The zero-order valence-corrected chi connectivity index (χ0v) is 10.0. The van der Waals surface area contributed by atoms with Crippen molar-refractivity contribution in [2.45, 2.75) is 25.3 Å². The van der Waals surface area contributed by atoms with Gasteiger partial charge in [0.05, 0.1) is 29.1 Å². The molecule has 2 aliphatic carbocycles. The minimum absolute atomic E-state index is 0.209. The van der Waals surface area contributed by atoms with E-state index in [9.17, 15) is 5.21 Å². The Labute approximate surface area is 105 Å². The number of oxime groups is 1. The lowest BCUT2D eigenvalue weighted by Gasteiger charge is -2.24. The Hall–Kier alpha value is -1.84. The van der Waals surface area contributed by atoms with Gasteiger partial charge in [-0.05, 0) is 37.3 Å². The largest absolute Gasteiger partial charge is 0.411 e. The molecule has 2 bridgehead atoms. The summed E-state index contributed by atoms with van der Waals surface area (Å²) in [6.07, 6.45) is 5.46. The Balaban J connectivity index is 1.88. The zero-order chi connectivity index (χ0) is 12.1. The van der Waals surface area contributed by atoms with Crippen molar-refractivity contribution >= 4 is 16.7 Å². The van der Waals surface area contributed by atoms with Gasteiger partial charge in [-0.2, -0.15) is 0 Å². The second kappa shape index (κ2) is 3.57. The maximum Gasteiger partial charge on any atom is 0.0964 e. The summed E-state index contributed by atoms with van der Waals surface area (Å²) >= 11 is 0. The molecule has 0 aliphatic heterocycles. The van der Waals surface area contributed by atoms with E-state index >= 15 is 0 Å². The van der Waals surface area contributed by atoms with Gasteiger partial charge < -0.3 is 9.77 Å². The van der Waals surface area contributed by atoms with Crippen LogP contribution in [0.25, 0.3) is 11.0 Å². The molecule has 4 nitrogen and oxygen atoms in total. The van der Waals surface area contributed by atoms with Crippen LogP contribution in [-0.2, 0) is 0 Å². The topological polar surface area (TPSA) is 50.4 Å². The molecule has 4 rings (SSSR count). The van der Waals surface area contributed by atoms with Gasteiger partial charge in [-0.3, -0.25) is 0 Å². The Morgan fingerprint density at radius 1 is 1.28 bits per heavy atom. The van der Waals surface area contributed by atoms with Crippen molar-refractivity contribution in [1.29, 1.82) is 0 Å². The average molecular weight is 241 g/mol. The van der Waals surface area contributed by atoms with Gasteiger partial charge in [0.25, 0.3) is 0 Å². The summed E-state index contributed by atoms with van der Waals surface area (Å²) in [6, 6.07) is 8.35. The molecule has 0 radical (unpaired) electrons. The molecule has 92 valence electrons. The minimum atomic E-state index is 0.209. The first-order valence-electron chi connectivity index (χ1n) is 6.52. The predicted octanol–water partition coefficient (Wildman–Crippen LogP) is 2.84. The molecule has 0 spiro atoms. The number of benzene rings is 1. The zero-order valence-electron chi connectivity index (χ0n) is 10.0. The number of para-hydroxylation sites is 2. The molecule has 2 aromatic rings. The Kier molecular flexibility index (Phi) is 2.01. The van der Waals surface area contributed by atoms with Gasteiger partial charge in [-0.15, -0.1) is 0 Å². The van der Waals surface area contributed by atoms with Crippen LogP contribution < -0.4 is 0 Å². The van der Waals surface area contributed by atoms with E-state index in [-0.39, 0.29) is 6.04 Å². The summed E-state index contributed by atoms with van der Waals surface area (Å²) in [4.78, 5) is 4.44. The SMILES string of the molecule is O/N=C1\C2CCC(C2)C1n1cnc2ccccc21. The van der Waals surface area contributed by atoms with Crippen molar-refractivity contribution in [3.8, 4) is 0 Å². The molecule has 2 aliphatic rings. The quantitative estimate of drug-likeness (QED) is 0.616. The second-order valence-electron chi connectivity index (χ2n) is 5.38. The van der Waals surface area contributed by atoms with Crippen LogP contribution in [0.5, 0.6) is 0 Å². The molecular weight excluding hydrogens is 226 g/mol. The van der Waals surface area contributed by atoms with Crippen LogP contribution in [0.1, 0.15) is 25.3 Å². The summed E-state index contributed by atoms with van der Waals surface area (Å²) in [5.41, 5.74) is 3.10. The highest BCUT2D eigenvalue weighted by Crippen LogP contribution is 2.49. The van der Waals surface area contributed by atoms with Crippen LogP contribution in [0.2, 0.25) is 0 Å². The van der Waals surface area contributed by atoms with Crippen LogP contribution in [0, 0.1) is 11.8 Å². The number of hydrogen-bond donors (Lipinski definition) is 1. The normalized spacial score (nSPS) is 32.7. The molecule has 2 fully saturated rings. The summed E-state index contributed by atoms with van der Waals surface area (Å²) in [5.74, 6) is 1.09. The van der Waals surface area contributed by atoms with Crippen molar-refractivity contribution in [2.75, 3.05) is 0 Å². The Morgan fingerprint density at radius 2 is 2.17 bits per heavy atom. The summed E-state index contributed by atoms with van der Waals surface area (Å²) in [5, 5.41) is 12.9. The van der Waals surface area contributed by atoms with Crippen molar-refractivity contribution < 1.29 is 5.21 Å². The van der Waals surface area contributed by atoms with E-state index in [4.69, 9.17) is 0 Å². The maximum atomic E-state index is 9.28. The molecule has 1 N–H and O–H groups in total. The lowest BCUT2D eigenvalue weighted by molar-refractivity contribution is 0.307. The molecule has 3 unspecified atom stereocenters. The first-order chi connectivity index (χ1) is 8.88. The van der Waals surface area contributed by atoms with Gasteiger partial charge in [0, 0.05) is 5.92 Å². The number of aromatic nitrogens is 2. The summed E-state index contributed by atoms with van der Waals surface area (Å²) in [6.45, 7) is 0. The van der Waals surface area contributed by atoms with Gasteiger partial charge in [0.1, 0.15) is 0 Å². The van der Waals surface area contributed by atoms with Gasteiger partial charge in [0.15, 0.2) is 0 Å². The molecule has 1 aromatic carbocycles. The standard InChI is InChI=1S/C14H15N3O/c18-16-13-9-5-6-10(7-9)14(13)17-8-15-11-3-1-2-4-12(11)17/h1-4,8-10,14,18H,5-7H2/b16-13+. The van der Waals surface area contributed by atoms with Crippen LogP contribution in [-0.4, -0.2) is 20.5 Å². The number of hydrogen-bond acceptors (Lipinski definition) is 3. The molecule has 0 amide bonds. The number of rotatable bonds is 1. The third kappa shape index (κ3) is 1.20. The molecule has 2 saturated carbocycles. The van der Waals surface area contributed by atoms with Crippen molar-refractivity contribution in [2.24, 2.45) is 17.0 Å². The van der Waals surface area contributed by atoms with Crippen molar-refractivity contribution in [3.05, 3.63) is 30.6 Å². The second-order valence-corrected chi connectivity index (χ2v) is 5.38. The van der Waals surface area contributed by atoms with E-state index in [1.165, 1.54) is 12.8 Å². The van der Waals surface area contributed by atoms with Gasteiger partial charge >= 0.3 is 0 Å². The van der Waals surface area contributed by atoms with E-state index in [1.807, 2.05) is 24.5 Å². The lowest BCUT2D eigenvalue weighted by atomic mass is 9.93. The van der Waals surface area contributed by atoms with Gasteiger partial charge in [-0.25, -0.2) is 4.98 Å². The molecule has 0 saturated heterocycles. The third-order valence-corrected chi connectivity index (χ3v) is 4.54. The van der Waals surface area contributed by atoms with E-state index in [1.54, 1.807) is 0 Å². The predicted molar refractivity (Wildman–Crippen MR) is 68.8 cm³/mol.